The number of rotatable bonds is 7. The van der Waals surface area contributed by atoms with Gasteiger partial charge in [0.2, 0.25) is 0 Å². The van der Waals surface area contributed by atoms with E-state index < -0.39 is 0 Å². The highest BCUT2D eigenvalue weighted by Crippen LogP contribution is 2.17. The second-order valence-electron chi connectivity index (χ2n) is 5.68. The molecule has 1 aromatic heterocycles. The first-order valence-corrected chi connectivity index (χ1v) is 8.02. The highest BCUT2D eigenvalue weighted by Gasteiger charge is 2.17. The van der Waals surface area contributed by atoms with Gasteiger partial charge in [-0.1, -0.05) is 13.0 Å². The van der Waals surface area contributed by atoms with E-state index in [0.29, 0.717) is 6.04 Å². The fourth-order valence-electron chi connectivity index (χ4n) is 2.66. The van der Waals surface area contributed by atoms with E-state index in [0.717, 1.165) is 51.5 Å². The monoisotopic (exact) mass is 292 g/mol. The maximum atomic E-state index is 8.97. The molecule has 1 saturated heterocycles. The van der Waals surface area contributed by atoms with Crippen LogP contribution >= 0.6 is 0 Å². The van der Waals surface area contributed by atoms with Gasteiger partial charge in [0.25, 0.3) is 0 Å². The Kier molecular flexibility index (Phi) is 6.42. The Morgan fingerprint density at radius 2 is 2.05 bits per heavy atom. The van der Waals surface area contributed by atoms with Crippen LogP contribution in [0.5, 0.6) is 0 Å². The summed E-state index contributed by atoms with van der Waals surface area (Å²) in [6.45, 7) is 10.4. The Labute approximate surface area is 128 Å². The largest absolute Gasteiger partial charge is 0.395 e. The third-order valence-corrected chi connectivity index (χ3v) is 4.08. The van der Waals surface area contributed by atoms with Crippen molar-refractivity contribution in [1.29, 1.82) is 0 Å². The highest BCUT2D eigenvalue weighted by molar-refractivity contribution is 5.40. The summed E-state index contributed by atoms with van der Waals surface area (Å²) in [7, 11) is 0. The van der Waals surface area contributed by atoms with Crippen molar-refractivity contribution in [2.45, 2.75) is 26.3 Å². The van der Waals surface area contributed by atoms with Gasteiger partial charge in [0.05, 0.1) is 6.61 Å². The standard InChI is InChI=1S/C16H28N4O/c1-3-6-17-14(2)15-4-5-16(18-13-15)20-9-7-19(8-10-20)11-12-21/h4-5,13-14,17,21H,3,6-12H2,1-2H3. The predicted molar refractivity (Wildman–Crippen MR) is 86.7 cm³/mol. The number of aliphatic hydroxyl groups excluding tert-OH is 1. The topological polar surface area (TPSA) is 51.6 Å². The number of hydrogen-bond donors (Lipinski definition) is 2. The first-order valence-electron chi connectivity index (χ1n) is 8.02. The Hall–Kier alpha value is -1.17. The minimum atomic E-state index is 0.246. The SMILES string of the molecule is CCCNC(C)c1ccc(N2CCN(CCO)CC2)nc1. The molecule has 1 aromatic rings. The Morgan fingerprint density at radius 1 is 1.29 bits per heavy atom. The molecular weight excluding hydrogens is 264 g/mol. The molecule has 2 N–H and O–H groups in total. The van der Waals surface area contributed by atoms with Crippen LogP contribution in [0.3, 0.4) is 0 Å². The summed E-state index contributed by atoms with van der Waals surface area (Å²) in [6, 6.07) is 4.66. The summed E-state index contributed by atoms with van der Waals surface area (Å²) >= 11 is 0. The van der Waals surface area contributed by atoms with Crippen LogP contribution in [0.4, 0.5) is 5.82 Å². The van der Waals surface area contributed by atoms with Gasteiger partial charge in [-0.15, -0.1) is 0 Å². The van der Waals surface area contributed by atoms with Crippen molar-refractivity contribution < 1.29 is 5.11 Å². The van der Waals surface area contributed by atoms with Crippen LogP contribution in [0.25, 0.3) is 0 Å². The number of nitrogens with one attached hydrogen (secondary N) is 1. The van der Waals surface area contributed by atoms with Gasteiger partial charge < -0.3 is 15.3 Å². The molecule has 118 valence electrons. The molecule has 1 atom stereocenters. The number of β-amino-alcohol motifs (C(OH)–C–C–N with tert-alkyl or cyclic N) is 1. The van der Waals surface area contributed by atoms with Gasteiger partial charge in [-0.05, 0) is 31.5 Å². The lowest BCUT2D eigenvalue weighted by Crippen LogP contribution is -2.47. The molecule has 0 aliphatic carbocycles. The number of piperazine rings is 1. The van der Waals surface area contributed by atoms with Crippen molar-refractivity contribution in [3.8, 4) is 0 Å². The van der Waals surface area contributed by atoms with Crippen LogP contribution in [0.2, 0.25) is 0 Å². The van der Waals surface area contributed by atoms with Gasteiger partial charge in [0, 0.05) is 45.0 Å². The van der Waals surface area contributed by atoms with Crippen molar-refractivity contribution >= 4 is 5.82 Å². The number of nitrogens with zero attached hydrogens (tertiary/aromatic N) is 3. The van der Waals surface area contributed by atoms with Crippen molar-refractivity contribution in [3.63, 3.8) is 0 Å². The minimum absolute atomic E-state index is 0.246. The Balaban J connectivity index is 1.88. The lowest BCUT2D eigenvalue weighted by molar-refractivity contribution is 0.188. The number of pyridine rings is 1. The summed E-state index contributed by atoms with van der Waals surface area (Å²) in [5.74, 6) is 1.06. The molecule has 0 bridgehead atoms. The zero-order valence-corrected chi connectivity index (χ0v) is 13.3. The van der Waals surface area contributed by atoms with Gasteiger partial charge in [-0.2, -0.15) is 0 Å². The summed E-state index contributed by atoms with van der Waals surface area (Å²) in [5, 5.41) is 12.5. The maximum Gasteiger partial charge on any atom is 0.128 e. The Morgan fingerprint density at radius 3 is 2.62 bits per heavy atom. The van der Waals surface area contributed by atoms with Crippen molar-refractivity contribution in [2.24, 2.45) is 0 Å². The Bertz CT molecular complexity index is 401. The highest BCUT2D eigenvalue weighted by atomic mass is 16.3. The number of aliphatic hydroxyl groups is 1. The summed E-state index contributed by atoms with van der Waals surface area (Å²) in [4.78, 5) is 9.24. The molecule has 0 saturated carbocycles. The molecule has 5 nitrogen and oxygen atoms in total. The smallest absolute Gasteiger partial charge is 0.128 e. The molecule has 1 aliphatic rings. The average molecular weight is 292 g/mol. The van der Waals surface area contributed by atoms with E-state index in [4.69, 9.17) is 5.11 Å². The fourth-order valence-corrected chi connectivity index (χ4v) is 2.66. The van der Waals surface area contributed by atoms with Crippen molar-refractivity contribution in [1.82, 2.24) is 15.2 Å². The molecule has 5 heteroatoms. The molecule has 0 aromatic carbocycles. The van der Waals surface area contributed by atoms with Crippen molar-refractivity contribution in [2.75, 3.05) is 50.8 Å². The normalized spacial score (nSPS) is 18.0. The number of anilines is 1. The van der Waals surface area contributed by atoms with E-state index in [2.05, 4.69) is 46.1 Å². The first kappa shape index (κ1) is 16.2. The van der Waals surface area contributed by atoms with E-state index >= 15 is 0 Å². The third kappa shape index (κ3) is 4.66. The van der Waals surface area contributed by atoms with Crippen LogP contribution in [0.1, 0.15) is 31.9 Å². The second kappa shape index (κ2) is 8.32. The van der Waals surface area contributed by atoms with E-state index in [1.807, 2.05) is 6.20 Å². The molecule has 1 aliphatic heterocycles. The molecule has 1 fully saturated rings. The maximum absolute atomic E-state index is 8.97. The van der Waals surface area contributed by atoms with Gasteiger partial charge >= 0.3 is 0 Å². The molecule has 0 amide bonds. The molecule has 21 heavy (non-hydrogen) atoms. The van der Waals surface area contributed by atoms with Crippen molar-refractivity contribution in [3.05, 3.63) is 23.9 Å². The molecule has 2 heterocycles. The third-order valence-electron chi connectivity index (χ3n) is 4.08. The molecule has 2 rings (SSSR count). The number of hydrogen-bond acceptors (Lipinski definition) is 5. The summed E-state index contributed by atoms with van der Waals surface area (Å²) in [5.41, 5.74) is 1.24. The zero-order valence-electron chi connectivity index (χ0n) is 13.3. The minimum Gasteiger partial charge on any atom is -0.395 e. The summed E-state index contributed by atoms with van der Waals surface area (Å²) < 4.78 is 0. The lowest BCUT2D eigenvalue weighted by atomic mass is 10.1. The fraction of sp³-hybridized carbons (Fsp3) is 0.688. The number of aromatic nitrogens is 1. The molecular formula is C16H28N4O. The van der Waals surface area contributed by atoms with Crippen LogP contribution in [0.15, 0.2) is 18.3 Å². The summed E-state index contributed by atoms with van der Waals surface area (Å²) in [6.07, 6.45) is 3.14. The van der Waals surface area contributed by atoms with E-state index in [1.54, 1.807) is 0 Å². The van der Waals surface area contributed by atoms with Crippen LogP contribution in [-0.4, -0.2) is 60.9 Å². The lowest BCUT2D eigenvalue weighted by Gasteiger charge is -2.35. The quantitative estimate of drug-likeness (QED) is 0.792. The molecule has 0 radical (unpaired) electrons. The van der Waals surface area contributed by atoms with Crippen LogP contribution in [-0.2, 0) is 0 Å². The zero-order chi connectivity index (χ0) is 15.1. The first-order chi connectivity index (χ1) is 10.2. The van der Waals surface area contributed by atoms with E-state index in [-0.39, 0.29) is 6.61 Å². The molecule has 1 unspecified atom stereocenters. The van der Waals surface area contributed by atoms with Crippen LogP contribution in [0, 0.1) is 0 Å². The van der Waals surface area contributed by atoms with E-state index in [1.165, 1.54) is 5.56 Å². The van der Waals surface area contributed by atoms with Gasteiger partial charge in [0.15, 0.2) is 0 Å². The second-order valence-corrected chi connectivity index (χ2v) is 5.68. The van der Waals surface area contributed by atoms with Gasteiger partial charge in [-0.25, -0.2) is 4.98 Å². The van der Waals surface area contributed by atoms with Gasteiger partial charge in [-0.3, -0.25) is 4.90 Å². The predicted octanol–water partition coefficient (Wildman–Crippen LogP) is 1.26. The average Bonchev–Trinajstić information content (AvgIpc) is 2.54. The molecule has 0 spiro atoms. The van der Waals surface area contributed by atoms with E-state index in [9.17, 15) is 0 Å². The van der Waals surface area contributed by atoms with Crippen LogP contribution < -0.4 is 10.2 Å². The van der Waals surface area contributed by atoms with Gasteiger partial charge in [0.1, 0.15) is 5.82 Å².